The van der Waals surface area contributed by atoms with E-state index >= 15 is 0 Å². The molecule has 6 heteroatoms. The van der Waals surface area contributed by atoms with Gasteiger partial charge < -0.3 is 24.8 Å². The summed E-state index contributed by atoms with van der Waals surface area (Å²) >= 11 is 0. The second-order valence-corrected chi connectivity index (χ2v) is 5.29. The molecule has 0 bridgehead atoms. The van der Waals surface area contributed by atoms with Crippen LogP contribution >= 0.6 is 0 Å². The summed E-state index contributed by atoms with van der Waals surface area (Å²) in [4.78, 5) is 12.0. The second kappa shape index (κ2) is 7.89. The topological polar surface area (TPSA) is 68.8 Å². The Morgan fingerprint density at radius 2 is 1.86 bits per heavy atom. The lowest BCUT2D eigenvalue weighted by Crippen LogP contribution is -2.31. The molecule has 1 aliphatic heterocycles. The van der Waals surface area contributed by atoms with Gasteiger partial charge in [-0.05, 0) is 25.5 Å². The van der Waals surface area contributed by atoms with Gasteiger partial charge in [0.1, 0.15) is 5.75 Å². The van der Waals surface area contributed by atoms with Crippen LogP contribution in [0.5, 0.6) is 17.2 Å². The molecule has 1 aliphatic rings. The van der Waals surface area contributed by atoms with Gasteiger partial charge >= 0.3 is 0 Å². The Morgan fingerprint density at radius 1 is 1.18 bits per heavy atom. The number of amides is 1. The van der Waals surface area contributed by atoms with E-state index in [-0.39, 0.29) is 5.91 Å². The molecule has 1 amide bonds. The predicted molar refractivity (Wildman–Crippen MR) is 83.6 cm³/mol. The number of nitrogens with one attached hydrogen (secondary N) is 2. The zero-order chi connectivity index (χ0) is 15.9. The Kier molecular flexibility index (Phi) is 5.89. The molecule has 22 heavy (non-hydrogen) atoms. The summed E-state index contributed by atoms with van der Waals surface area (Å²) in [5, 5.41) is 6.25. The van der Waals surface area contributed by atoms with Crippen LogP contribution in [0.25, 0.3) is 0 Å². The predicted octanol–water partition coefficient (Wildman–Crippen LogP) is 1.47. The number of ether oxygens (including phenoxy) is 3. The van der Waals surface area contributed by atoms with Gasteiger partial charge in [-0.3, -0.25) is 4.79 Å². The molecule has 1 unspecified atom stereocenters. The van der Waals surface area contributed by atoms with Crippen molar-refractivity contribution in [3.8, 4) is 17.2 Å². The largest absolute Gasteiger partial charge is 0.496 e. The van der Waals surface area contributed by atoms with E-state index in [1.54, 1.807) is 27.4 Å². The maximum atomic E-state index is 12.0. The van der Waals surface area contributed by atoms with E-state index in [4.69, 9.17) is 14.2 Å². The first kappa shape index (κ1) is 16.4. The molecular weight excluding hydrogens is 284 g/mol. The number of carbonyl (C=O) groups excluding carboxylic acids is 1. The van der Waals surface area contributed by atoms with Gasteiger partial charge in [-0.1, -0.05) is 0 Å². The first-order valence-electron chi connectivity index (χ1n) is 7.47. The van der Waals surface area contributed by atoms with Crippen molar-refractivity contribution >= 4 is 5.91 Å². The van der Waals surface area contributed by atoms with Crippen LogP contribution in [0.1, 0.15) is 24.8 Å². The van der Waals surface area contributed by atoms with Crippen LogP contribution in [-0.2, 0) is 11.3 Å². The molecule has 0 saturated carbocycles. The molecule has 122 valence electrons. The highest BCUT2D eigenvalue weighted by molar-refractivity contribution is 5.76. The lowest BCUT2D eigenvalue weighted by atomic mass is 10.1. The molecule has 0 spiro atoms. The summed E-state index contributed by atoms with van der Waals surface area (Å²) < 4.78 is 15.9. The van der Waals surface area contributed by atoms with Gasteiger partial charge in [-0.15, -0.1) is 0 Å². The average molecular weight is 308 g/mol. The van der Waals surface area contributed by atoms with E-state index in [1.165, 1.54) is 0 Å². The van der Waals surface area contributed by atoms with Crippen molar-refractivity contribution in [2.24, 2.45) is 0 Å². The smallest absolute Gasteiger partial charge is 0.221 e. The minimum atomic E-state index is 0.0382. The fraction of sp³-hybridized carbons (Fsp3) is 0.562. The van der Waals surface area contributed by atoms with Crippen molar-refractivity contribution in [1.82, 2.24) is 10.6 Å². The van der Waals surface area contributed by atoms with Gasteiger partial charge in [0.25, 0.3) is 0 Å². The highest BCUT2D eigenvalue weighted by atomic mass is 16.5. The molecule has 6 nitrogen and oxygen atoms in total. The fourth-order valence-electron chi connectivity index (χ4n) is 2.65. The summed E-state index contributed by atoms with van der Waals surface area (Å²) in [6.45, 7) is 1.40. The molecule has 0 aromatic heterocycles. The molecule has 1 saturated heterocycles. The van der Waals surface area contributed by atoms with Crippen LogP contribution in [0.4, 0.5) is 0 Å². The maximum absolute atomic E-state index is 12.0. The number of hydrogen-bond acceptors (Lipinski definition) is 5. The Bertz CT molecular complexity index is 513. The maximum Gasteiger partial charge on any atom is 0.221 e. The number of methoxy groups -OCH3 is 3. The van der Waals surface area contributed by atoms with E-state index < -0.39 is 0 Å². The van der Waals surface area contributed by atoms with Gasteiger partial charge in [0.15, 0.2) is 11.5 Å². The lowest BCUT2D eigenvalue weighted by molar-refractivity contribution is -0.121. The second-order valence-electron chi connectivity index (χ2n) is 5.29. The van der Waals surface area contributed by atoms with Crippen molar-refractivity contribution in [2.45, 2.75) is 31.8 Å². The quantitative estimate of drug-likeness (QED) is 0.798. The molecule has 2 rings (SSSR count). The van der Waals surface area contributed by atoms with Crippen LogP contribution in [0.15, 0.2) is 12.1 Å². The first-order chi connectivity index (χ1) is 10.7. The van der Waals surface area contributed by atoms with E-state index in [9.17, 15) is 4.79 Å². The Labute approximate surface area is 131 Å². The average Bonchev–Trinajstić information content (AvgIpc) is 3.04. The number of rotatable bonds is 7. The summed E-state index contributed by atoms with van der Waals surface area (Å²) in [6, 6.07) is 3.89. The zero-order valence-electron chi connectivity index (χ0n) is 13.4. The highest BCUT2D eigenvalue weighted by Gasteiger charge is 2.18. The van der Waals surface area contributed by atoms with Crippen molar-refractivity contribution in [3.05, 3.63) is 17.7 Å². The van der Waals surface area contributed by atoms with Crippen LogP contribution in [-0.4, -0.2) is 39.8 Å². The van der Waals surface area contributed by atoms with Crippen LogP contribution < -0.4 is 24.8 Å². The van der Waals surface area contributed by atoms with Crippen LogP contribution in [0, 0.1) is 0 Å². The molecule has 0 radical (unpaired) electrons. The molecule has 1 fully saturated rings. The van der Waals surface area contributed by atoms with Crippen LogP contribution in [0.2, 0.25) is 0 Å². The number of benzene rings is 1. The number of carbonyl (C=O) groups is 1. The van der Waals surface area contributed by atoms with E-state index in [0.29, 0.717) is 36.3 Å². The van der Waals surface area contributed by atoms with E-state index in [2.05, 4.69) is 10.6 Å². The standard InChI is InChI=1S/C16H24N2O4/c1-20-13-9-15(22-3)14(21-2)7-11(13)10-18-16(19)8-12-5-4-6-17-12/h7,9,12,17H,4-6,8,10H2,1-3H3,(H,18,19). The normalized spacial score (nSPS) is 17.1. The minimum Gasteiger partial charge on any atom is -0.496 e. The molecule has 1 aromatic rings. The van der Waals surface area contributed by atoms with Crippen molar-refractivity contribution in [3.63, 3.8) is 0 Å². The molecular formula is C16H24N2O4. The van der Waals surface area contributed by atoms with Crippen molar-refractivity contribution < 1.29 is 19.0 Å². The Morgan fingerprint density at radius 3 is 2.45 bits per heavy atom. The van der Waals surface area contributed by atoms with E-state index in [1.807, 2.05) is 6.07 Å². The van der Waals surface area contributed by atoms with Gasteiger partial charge in [-0.2, -0.15) is 0 Å². The summed E-state index contributed by atoms with van der Waals surface area (Å²) in [7, 11) is 4.75. The van der Waals surface area contributed by atoms with Crippen LogP contribution in [0.3, 0.4) is 0 Å². The number of hydrogen-bond donors (Lipinski definition) is 2. The van der Waals surface area contributed by atoms with Crippen molar-refractivity contribution in [2.75, 3.05) is 27.9 Å². The van der Waals surface area contributed by atoms with Gasteiger partial charge in [0.2, 0.25) is 5.91 Å². The lowest BCUT2D eigenvalue weighted by Gasteiger charge is -2.15. The first-order valence-corrected chi connectivity index (χ1v) is 7.47. The zero-order valence-corrected chi connectivity index (χ0v) is 13.4. The summed E-state index contributed by atoms with van der Waals surface area (Å²) in [5.41, 5.74) is 0.855. The van der Waals surface area contributed by atoms with E-state index in [0.717, 1.165) is 24.9 Å². The highest BCUT2D eigenvalue weighted by Crippen LogP contribution is 2.34. The van der Waals surface area contributed by atoms with Gasteiger partial charge in [0.05, 0.1) is 21.3 Å². The van der Waals surface area contributed by atoms with Crippen molar-refractivity contribution in [1.29, 1.82) is 0 Å². The third-order valence-corrected chi connectivity index (χ3v) is 3.86. The summed E-state index contributed by atoms with van der Waals surface area (Å²) in [6.07, 6.45) is 2.71. The fourth-order valence-corrected chi connectivity index (χ4v) is 2.65. The van der Waals surface area contributed by atoms with Gasteiger partial charge in [-0.25, -0.2) is 0 Å². The Hall–Kier alpha value is -1.95. The van der Waals surface area contributed by atoms with Gasteiger partial charge in [0, 0.05) is 30.6 Å². The third-order valence-electron chi connectivity index (χ3n) is 3.86. The molecule has 0 aliphatic carbocycles. The molecule has 1 heterocycles. The summed E-state index contributed by atoms with van der Waals surface area (Å²) in [5.74, 6) is 1.92. The molecule has 1 aromatic carbocycles. The monoisotopic (exact) mass is 308 g/mol. The minimum absolute atomic E-state index is 0.0382. The Balaban J connectivity index is 1.99. The third kappa shape index (κ3) is 4.04. The molecule has 2 N–H and O–H groups in total. The molecule has 1 atom stereocenters. The SMILES string of the molecule is COc1cc(OC)c(OC)cc1CNC(=O)CC1CCCN1.